The molecule has 0 aliphatic carbocycles. The van der Waals surface area contributed by atoms with Crippen molar-refractivity contribution in [3.8, 4) is 22.8 Å². The predicted octanol–water partition coefficient (Wildman–Crippen LogP) is 5.13. The van der Waals surface area contributed by atoms with Crippen LogP contribution in [0.15, 0.2) is 97.6 Å². The van der Waals surface area contributed by atoms with Crippen LogP contribution in [-0.4, -0.2) is 19.9 Å². The minimum atomic E-state index is 0.915. The molecule has 4 nitrogen and oxygen atoms in total. The van der Waals surface area contributed by atoms with E-state index in [-0.39, 0.29) is 0 Å². The molecule has 26 heavy (non-hydrogen) atoms. The van der Waals surface area contributed by atoms with Crippen molar-refractivity contribution in [1.29, 1.82) is 0 Å². The third-order valence-corrected chi connectivity index (χ3v) is 3.18. The van der Waals surface area contributed by atoms with Crippen LogP contribution < -0.4 is 0 Å². The van der Waals surface area contributed by atoms with Gasteiger partial charge in [0.2, 0.25) is 0 Å². The molecule has 0 fully saturated rings. The van der Waals surface area contributed by atoms with Crippen molar-refractivity contribution in [2.24, 2.45) is 0 Å². The number of nitrogens with zero attached hydrogens (tertiary/aromatic N) is 4. The molecule has 0 aliphatic rings. The quantitative estimate of drug-likeness (QED) is 0.393. The van der Waals surface area contributed by atoms with Gasteiger partial charge in [-0.1, -0.05) is 24.3 Å². The van der Waals surface area contributed by atoms with E-state index in [0.717, 1.165) is 22.8 Å². The fourth-order valence-electron chi connectivity index (χ4n) is 2.06. The van der Waals surface area contributed by atoms with Gasteiger partial charge in [-0.2, -0.15) is 0 Å². The molecule has 4 rings (SSSR count). The zero-order valence-corrected chi connectivity index (χ0v) is 16.2. The molecule has 0 amide bonds. The first kappa shape index (κ1) is 19.9. The van der Waals surface area contributed by atoms with Crippen LogP contribution in [0.5, 0.6) is 0 Å². The van der Waals surface area contributed by atoms with Crippen molar-refractivity contribution in [3.05, 3.63) is 97.6 Å². The molecule has 134 valence electrons. The number of pyridine rings is 4. The number of aromatic nitrogens is 4. The molecule has 0 unspecified atom stereocenters. The van der Waals surface area contributed by atoms with Crippen molar-refractivity contribution in [2.75, 3.05) is 0 Å². The summed E-state index contributed by atoms with van der Waals surface area (Å²) in [5.74, 6) is 0. The summed E-state index contributed by atoms with van der Waals surface area (Å²) in [5, 5.41) is 0. The average Bonchev–Trinajstić information content (AvgIpc) is 2.78. The first-order valence-electron chi connectivity index (χ1n) is 7.70. The summed E-state index contributed by atoms with van der Waals surface area (Å²) in [6.07, 6.45) is 7.07. The minimum absolute atomic E-state index is 0.915. The summed E-state index contributed by atoms with van der Waals surface area (Å²) in [6, 6.07) is 23.2. The molecule has 4 aromatic rings. The van der Waals surface area contributed by atoms with Crippen molar-refractivity contribution >= 4 is 14.1 Å². The van der Waals surface area contributed by atoms with Gasteiger partial charge >= 0.3 is 28.3 Å². The van der Waals surface area contributed by atoms with Gasteiger partial charge in [0.1, 0.15) is 0 Å². The number of halogens is 1. The number of hydrogen-bond donors (Lipinski definition) is 0. The molecule has 0 radical (unpaired) electrons. The van der Waals surface area contributed by atoms with Gasteiger partial charge in [0.15, 0.2) is 0 Å². The first-order chi connectivity index (χ1) is 12.9. The molecule has 0 bridgehead atoms. The minimum Gasteiger partial charge on any atom is -0.255 e. The van der Waals surface area contributed by atoms with Crippen molar-refractivity contribution in [1.82, 2.24) is 19.9 Å². The third-order valence-electron chi connectivity index (χ3n) is 3.18. The molecular formula is C20H16BrCuN4. The molecule has 0 atom stereocenters. The first-order valence-corrected chi connectivity index (χ1v) is 10.0. The Hall–Kier alpha value is -2.40. The molecule has 4 aromatic heterocycles. The normalized spacial score (nSPS) is 9.19. The van der Waals surface area contributed by atoms with E-state index in [4.69, 9.17) is 0 Å². The van der Waals surface area contributed by atoms with Gasteiger partial charge in [0.25, 0.3) is 0 Å². The molecule has 0 spiro atoms. The van der Waals surface area contributed by atoms with Crippen LogP contribution in [0, 0.1) is 0 Å². The molecule has 0 aromatic carbocycles. The molecule has 0 aliphatic heterocycles. The fraction of sp³-hybridized carbons (Fsp3) is 0. The second-order valence-corrected chi connectivity index (χ2v) is 4.86. The molecule has 0 saturated heterocycles. The zero-order chi connectivity index (χ0) is 18.5. The largest absolute Gasteiger partial charge is 0.255 e. The summed E-state index contributed by atoms with van der Waals surface area (Å²) in [7, 11) is 0. The van der Waals surface area contributed by atoms with E-state index >= 15 is 0 Å². The van der Waals surface area contributed by atoms with Crippen LogP contribution in [0.25, 0.3) is 22.8 Å². The standard InChI is InChI=1S/2C10H8N2.BrH.Cu/c2*1-3-7-11-9(5-1)10-6-2-4-8-12-10;;/h2*1-8H;1H;/q;;;+1/p-1. The number of hydrogen-bond acceptors (Lipinski definition) is 4. The Kier molecular flexibility index (Phi) is 9.22. The summed E-state index contributed by atoms with van der Waals surface area (Å²) >= 11 is 6.50. The summed E-state index contributed by atoms with van der Waals surface area (Å²) in [6.45, 7) is 0. The molecule has 0 N–H and O–H groups in total. The fourth-order valence-corrected chi connectivity index (χ4v) is 2.06. The maximum atomic E-state index is 4.19. The van der Waals surface area contributed by atoms with Gasteiger partial charge < -0.3 is 0 Å². The third kappa shape index (κ3) is 6.48. The maximum absolute atomic E-state index is 4.19. The van der Waals surface area contributed by atoms with E-state index in [1.54, 1.807) is 24.8 Å². The Labute approximate surface area is 168 Å². The van der Waals surface area contributed by atoms with Crippen molar-refractivity contribution in [2.45, 2.75) is 0 Å². The zero-order valence-electron chi connectivity index (χ0n) is 13.7. The summed E-state index contributed by atoms with van der Waals surface area (Å²) in [5.41, 5.74) is 3.66. The summed E-state index contributed by atoms with van der Waals surface area (Å²) in [4.78, 5) is 16.7. The summed E-state index contributed by atoms with van der Waals surface area (Å²) < 4.78 is 0. The molecule has 4 heterocycles. The van der Waals surface area contributed by atoms with Crippen LogP contribution in [0.2, 0.25) is 0 Å². The van der Waals surface area contributed by atoms with Crippen molar-refractivity contribution < 1.29 is 14.2 Å². The van der Waals surface area contributed by atoms with E-state index in [1.807, 2.05) is 72.8 Å². The predicted molar refractivity (Wildman–Crippen MR) is 104 cm³/mol. The van der Waals surface area contributed by atoms with Gasteiger partial charge in [0.05, 0.1) is 22.8 Å². The van der Waals surface area contributed by atoms with Crippen LogP contribution in [0.1, 0.15) is 0 Å². The Morgan fingerprint density at radius 2 is 0.654 bits per heavy atom. The number of rotatable bonds is 2. The second kappa shape index (κ2) is 12.0. The molecule has 6 heteroatoms. The van der Waals surface area contributed by atoms with E-state index < -0.39 is 0 Å². The van der Waals surface area contributed by atoms with Crippen LogP contribution in [0.4, 0.5) is 0 Å². The van der Waals surface area contributed by atoms with Gasteiger partial charge in [-0.3, -0.25) is 19.9 Å². The SMILES string of the molecule is [Cu][Br].c1ccc(-c2ccccn2)nc1.c1ccc(-c2ccccn2)nc1. The van der Waals surface area contributed by atoms with E-state index in [2.05, 4.69) is 48.3 Å². The molecular weight excluding hydrogens is 440 g/mol. The Bertz CT molecular complexity index is 698. The Balaban J connectivity index is 0.000000171. The van der Waals surface area contributed by atoms with Crippen molar-refractivity contribution in [3.63, 3.8) is 0 Å². The smallest absolute Gasteiger partial charge is 0.0886 e. The van der Waals surface area contributed by atoms with Gasteiger partial charge in [-0.25, -0.2) is 0 Å². The van der Waals surface area contributed by atoms with E-state index in [9.17, 15) is 0 Å². The van der Waals surface area contributed by atoms with Gasteiger partial charge in [-0.15, -0.1) is 0 Å². The maximum Gasteiger partial charge on any atom is 0.0886 e. The average molecular weight is 456 g/mol. The van der Waals surface area contributed by atoms with Crippen LogP contribution >= 0.6 is 14.1 Å². The molecule has 0 saturated carbocycles. The monoisotopic (exact) mass is 454 g/mol. The topological polar surface area (TPSA) is 51.6 Å². The van der Waals surface area contributed by atoms with Gasteiger partial charge in [0, 0.05) is 24.8 Å². The Morgan fingerprint density at radius 1 is 0.423 bits per heavy atom. The van der Waals surface area contributed by atoms with Crippen LogP contribution in [0.3, 0.4) is 0 Å². The van der Waals surface area contributed by atoms with Gasteiger partial charge in [-0.05, 0) is 48.5 Å². The van der Waals surface area contributed by atoms with Crippen LogP contribution in [-0.2, 0) is 14.2 Å². The van der Waals surface area contributed by atoms with E-state index in [0.29, 0.717) is 0 Å². The Morgan fingerprint density at radius 3 is 0.808 bits per heavy atom. The van der Waals surface area contributed by atoms with E-state index in [1.165, 1.54) is 0 Å². The second-order valence-electron chi connectivity index (χ2n) is 4.86.